The highest BCUT2D eigenvalue weighted by atomic mass is 32.2. The van der Waals surface area contributed by atoms with Crippen LogP contribution >= 0.6 is 0 Å². The van der Waals surface area contributed by atoms with Gasteiger partial charge in [0.25, 0.3) is 10.1 Å². The van der Waals surface area contributed by atoms with E-state index in [1.165, 1.54) is 13.2 Å². The molecule has 1 rings (SSSR count). The van der Waals surface area contributed by atoms with Crippen molar-refractivity contribution in [3.05, 3.63) is 35.4 Å². The lowest BCUT2D eigenvalue weighted by Gasteiger charge is -2.34. The summed E-state index contributed by atoms with van der Waals surface area (Å²) in [7, 11) is -2.56. The highest BCUT2D eigenvalue weighted by molar-refractivity contribution is 7.85. The number of hydrogen-bond donors (Lipinski definition) is 1. The molecule has 0 fully saturated rings. The van der Waals surface area contributed by atoms with Crippen molar-refractivity contribution >= 4 is 10.1 Å². The molecule has 1 aromatic rings. The second-order valence-electron chi connectivity index (χ2n) is 6.47. The second-order valence-corrected chi connectivity index (χ2v) is 8.04. The Labute approximate surface area is 140 Å². The number of ether oxygens (including phenoxy) is 1. The number of rotatable bonds is 8. The lowest BCUT2D eigenvalue weighted by molar-refractivity contribution is -0.137. The van der Waals surface area contributed by atoms with Crippen LogP contribution < -0.4 is 0 Å². The average molecular weight is 368 g/mol. The maximum absolute atomic E-state index is 12.9. The Hall–Kier alpha value is -1.12. The normalized spacial score (nSPS) is 14.6. The van der Waals surface area contributed by atoms with E-state index in [2.05, 4.69) is 0 Å². The molecule has 0 saturated heterocycles. The minimum atomic E-state index is -4.42. The standard InChI is InChI=1S/C16H23F3O4S/c1-15(2,9-4-5-10-24(20,21)22)14(23-3)12-7-6-8-13(11-12)16(17,18)19/h6-8,11,14H,4-5,9-10H2,1-3H3,(H,20,21,22). The largest absolute Gasteiger partial charge is 0.416 e. The zero-order chi connectivity index (χ0) is 18.6. The fourth-order valence-corrected chi connectivity index (χ4v) is 3.35. The third kappa shape index (κ3) is 6.41. The predicted molar refractivity (Wildman–Crippen MR) is 85.2 cm³/mol. The third-order valence-electron chi connectivity index (χ3n) is 3.94. The summed E-state index contributed by atoms with van der Waals surface area (Å²) < 4.78 is 74.2. The van der Waals surface area contributed by atoms with Gasteiger partial charge in [0.15, 0.2) is 0 Å². The van der Waals surface area contributed by atoms with Gasteiger partial charge in [-0.3, -0.25) is 4.55 Å². The highest BCUT2D eigenvalue weighted by Crippen LogP contribution is 2.41. The molecule has 138 valence electrons. The quantitative estimate of drug-likeness (QED) is 0.543. The van der Waals surface area contributed by atoms with E-state index in [0.717, 1.165) is 12.1 Å². The molecule has 0 radical (unpaired) electrons. The molecule has 24 heavy (non-hydrogen) atoms. The molecule has 0 heterocycles. The summed E-state index contributed by atoms with van der Waals surface area (Å²) in [5.74, 6) is -0.329. The molecule has 4 nitrogen and oxygen atoms in total. The van der Waals surface area contributed by atoms with E-state index in [0.29, 0.717) is 18.4 Å². The van der Waals surface area contributed by atoms with Crippen LogP contribution in [0.4, 0.5) is 13.2 Å². The van der Waals surface area contributed by atoms with Gasteiger partial charge in [0.1, 0.15) is 0 Å². The molecule has 0 aromatic heterocycles. The lowest BCUT2D eigenvalue weighted by Crippen LogP contribution is -2.24. The fourth-order valence-electron chi connectivity index (χ4n) is 2.78. The maximum Gasteiger partial charge on any atom is 0.416 e. The van der Waals surface area contributed by atoms with Gasteiger partial charge >= 0.3 is 6.18 Å². The van der Waals surface area contributed by atoms with Crippen molar-refractivity contribution in [2.45, 2.75) is 45.4 Å². The summed E-state index contributed by atoms with van der Waals surface area (Å²) >= 11 is 0. The Morgan fingerprint density at radius 1 is 1.21 bits per heavy atom. The van der Waals surface area contributed by atoms with Crippen LogP contribution in [0.5, 0.6) is 0 Å². The Morgan fingerprint density at radius 3 is 2.33 bits per heavy atom. The molecule has 0 aliphatic heterocycles. The summed E-state index contributed by atoms with van der Waals surface area (Å²) in [6.45, 7) is 3.71. The molecular formula is C16H23F3O4S. The summed E-state index contributed by atoms with van der Waals surface area (Å²) in [4.78, 5) is 0. The number of methoxy groups -OCH3 is 1. The van der Waals surface area contributed by atoms with E-state index in [4.69, 9.17) is 9.29 Å². The van der Waals surface area contributed by atoms with Crippen LogP contribution in [0.1, 0.15) is 50.3 Å². The fraction of sp³-hybridized carbons (Fsp3) is 0.625. The number of hydrogen-bond acceptors (Lipinski definition) is 3. The molecule has 0 amide bonds. The van der Waals surface area contributed by atoms with Crippen molar-refractivity contribution in [3.8, 4) is 0 Å². The second kappa shape index (κ2) is 7.84. The van der Waals surface area contributed by atoms with Gasteiger partial charge in [-0.25, -0.2) is 0 Å². The number of benzene rings is 1. The summed E-state index contributed by atoms with van der Waals surface area (Å²) in [6, 6.07) is 5.02. The third-order valence-corrected chi connectivity index (χ3v) is 4.74. The van der Waals surface area contributed by atoms with E-state index >= 15 is 0 Å². The first-order valence-corrected chi connectivity index (χ1v) is 9.13. The Morgan fingerprint density at radius 2 is 1.83 bits per heavy atom. The van der Waals surface area contributed by atoms with Crippen molar-refractivity contribution in [3.63, 3.8) is 0 Å². The maximum atomic E-state index is 12.9. The Bertz CT molecular complexity index is 639. The molecule has 0 aliphatic rings. The van der Waals surface area contributed by atoms with Crippen LogP contribution in [0.25, 0.3) is 0 Å². The van der Waals surface area contributed by atoms with Crippen molar-refractivity contribution < 1.29 is 30.9 Å². The summed E-state index contributed by atoms with van der Waals surface area (Å²) in [5.41, 5.74) is -0.811. The van der Waals surface area contributed by atoms with Gasteiger partial charge in [0.05, 0.1) is 17.4 Å². The van der Waals surface area contributed by atoms with Crippen molar-refractivity contribution in [2.24, 2.45) is 5.41 Å². The Kier molecular flexibility index (Phi) is 6.84. The molecule has 1 unspecified atom stereocenters. The molecular weight excluding hydrogens is 345 g/mol. The van der Waals surface area contributed by atoms with Gasteiger partial charge in [-0.1, -0.05) is 32.4 Å². The van der Waals surface area contributed by atoms with Gasteiger partial charge in [-0.2, -0.15) is 21.6 Å². The monoisotopic (exact) mass is 368 g/mol. The zero-order valence-corrected chi connectivity index (χ0v) is 14.7. The van der Waals surface area contributed by atoms with Crippen molar-refractivity contribution in [1.29, 1.82) is 0 Å². The van der Waals surface area contributed by atoms with E-state index < -0.39 is 33.4 Å². The molecule has 0 saturated carbocycles. The Balaban J connectivity index is 2.87. The predicted octanol–water partition coefficient (Wildman–Crippen LogP) is 4.48. The van der Waals surface area contributed by atoms with E-state index in [9.17, 15) is 21.6 Å². The smallest absolute Gasteiger partial charge is 0.376 e. The summed E-state index contributed by atoms with van der Waals surface area (Å²) in [6.07, 6.45) is -3.66. The molecule has 0 aliphatic carbocycles. The van der Waals surface area contributed by atoms with Gasteiger partial charge in [0.2, 0.25) is 0 Å². The molecule has 1 aromatic carbocycles. The van der Waals surface area contributed by atoms with E-state index in [1.54, 1.807) is 6.07 Å². The molecule has 0 spiro atoms. The van der Waals surface area contributed by atoms with Crippen LogP contribution in [-0.2, 0) is 21.0 Å². The van der Waals surface area contributed by atoms with E-state index in [1.807, 2.05) is 13.8 Å². The molecule has 1 N–H and O–H groups in total. The zero-order valence-electron chi connectivity index (χ0n) is 13.9. The van der Waals surface area contributed by atoms with Gasteiger partial charge in [-0.15, -0.1) is 0 Å². The van der Waals surface area contributed by atoms with Crippen LogP contribution in [-0.4, -0.2) is 25.8 Å². The van der Waals surface area contributed by atoms with Crippen LogP contribution in [0.2, 0.25) is 0 Å². The van der Waals surface area contributed by atoms with Gasteiger partial charge in [-0.05, 0) is 36.0 Å². The van der Waals surface area contributed by atoms with Crippen LogP contribution in [0.3, 0.4) is 0 Å². The van der Waals surface area contributed by atoms with Gasteiger partial charge in [0, 0.05) is 7.11 Å². The minimum Gasteiger partial charge on any atom is -0.376 e. The minimum absolute atomic E-state index is 0.279. The number of halogens is 3. The first-order chi connectivity index (χ1) is 10.9. The number of unbranched alkanes of at least 4 members (excludes halogenated alkanes) is 1. The average Bonchev–Trinajstić information content (AvgIpc) is 2.42. The van der Waals surface area contributed by atoms with Gasteiger partial charge < -0.3 is 4.74 Å². The lowest BCUT2D eigenvalue weighted by atomic mass is 9.78. The highest BCUT2D eigenvalue weighted by Gasteiger charge is 2.34. The van der Waals surface area contributed by atoms with E-state index in [-0.39, 0.29) is 12.2 Å². The first-order valence-electron chi connectivity index (χ1n) is 7.52. The first kappa shape index (κ1) is 20.9. The SMILES string of the molecule is COC(c1cccc(C(F)(F)F)c1)C(C)(C)CCCCS(=O)(=O)O. The van der Waals surface area contributed by atoms with Crippen LogP contribution in [0, 0.1) is 5.41 Å². The molecule has 8 heteroatoms. The van der Waals surface area contributed by atoms with Crippen molar-refractivity contribution in [2.75, 3.05) is 12.9 Å². The molecule has 1 atom stereocenters. The summed E-state index contributed by atoms with van der Waals surface area (Å²) in [5, 5.41) is 0. The van der Waals surface area contributed by atoms with Crippen molar-refractivity contribution in [1.82, 2.24) is 0 Å². The van der Waals surface area contributed by atoms with Crippen LogP contribution in [0.15, 0.2) is 24.3 Å². The topological polar surface area (TPSA) is 63.6 Å². The molecule has 0 bridgehead atoms. The number of alkyl halides is 3.